The molecule has 8 atom stereocenters. The molecule has 1 saturated heterocycles. The predicted molar refractivity (Wildman–Crippen MR) is 92.7 cm³/mol. The third kappa shape index (κ3) is 2.14. The molecular weight excluding hydrogens is 284 g/mol. The van der Waals surface area contributed by atoms with Crippen LogP contribution in [0.5, 0.6) is 0 Å². The Labute approximate surface area is 141 Å². The molecular formula is C20H34N2O. The molecule has 4 aliphatic rings. The zero-order chi connectivity index (χ0) is 16.4. The number of nitrogens with one attached hydrogen (secondary N) is 1. The van der Waals surface area contributed by atoms with Crippen molar-refractivity contribution in [3.05, 3.63) is 0 Å². The number of rotatable bonds is 1. The highest BCUT2D eigenvalue weighted by molar-refractivity contribution is 5.77. The van der Waals surface area contributed by atoms with Gasteiger partial charge in [0.15, 0.2) is 0 Å². The maximum Gasteiger partial charge on any atom is 0.220 e. The lowest BCUT2D eigenvalue weighted by molar-refractivity contribution is -0.136. The van der Waals surface area contributed by atoms with E-state index in [9.17, 15) is 4.79 Å². The minimum atomic E-state index is 0.282. The van der Waals surface area contributed by atoms with Crippen LogP contribution in [0.1, 0.15) is 72.1 Å². The number of piperidine rings is 1. The Morgan fingerprint density at radius 1 is 1.04 bits per heavy atom. The number of hydrogen-bond acceptors (Lipinski definition) is 2. The topological polar surface area (TPSA) is 55.1 Å². The van der Waals surface area contributed by atoms with Crippen molar-refractivity contribution < 1.29 is 4.79 Å². The van der Waals surface area contributed by atoms with Crippen molar-refractivity contribution in [2.24, 2.45) is 40.2 Å². The van der Waals surface area contributed by atoms with Gasteiger partial charge in [0.1, 0.15) is 0 Å². The molecule has 0 aromatic heterocycles. The van der Waals surface area contributed by atoms with Gasteiger partial charge in [-0.2, -0.15) is 0 Å². The third-order valence-corrected chi connectivity index (χ3v) is 8.80. The fraction of sp³-hybridized carbons (Fsp3) is 0.950. The quantitative estimate of drug-likeness (QED) is 0.778. The Balaban J connectivity index is 1.61. The second-order valence-corrected chi connectivity index (χ2v) is 9.67. The summed E-state index contributed by atoms with van der Waals surface area (Å²) in [4.78, 5) is 11.8. The molecule has 23 heavy (non-hydrogen) atoms. The molecule has 3 N–H and O–H groups in total. The van der Waals surface area contributed by atoms with E-state index in [1.54, 1.807) is 0 Å². The first-order chi connectivity index (χ1) is 10.9. The normalized spacial score (nSPS) is 53.7. The fourth-order valence-corrected chi connectivity index (χ4v) is 7.61. The van der Waals surface area contributed by atoms with Crippen molar-refractivity contribution >= 4 is 5.91 Å². The number of fused-ring (bicyclic) bond motifs is 5. The molecule has 0 aromatic rings. The van der Waals surface area contributed by atoms with Gasteiger partial charge in [-0.1, -0.05) is 13.8 Å². The second-order valence-electron chi connectivity index (χ2n) is 9.67. The molecule has 3 saturated carbocycles. The lowest BCUT2D eigenvalue weighted by Crippen LogP contribution is -2.61. The molecule has 130 valence electrons. The van der Waals surface area contributed by atoms with Gasteiger partial charge in [0, 0.05) is 18.5 Å². The lowest BCUT2D eigenvalue weighted by Gasteiger charge is -2.60. The minimum Gasteiger partial charge on any atom is -0.353 e. The van der Waals surface area contributed by atoms with Gasteiger partial charge in [-0.25, -0.2) is 0 Å². The predicted octanol–water partition coefficient (Wildman–Crippen LogP) is 3.47. The van der Waals surface area contributed by atoms with E-state index >= 15 is 0 Å². The molecule has 4 fully saturated rings. The Bertz CT molecular complexity index is 504. The molecule has 4 rings (SSSR count). The smallest absolute Gasteiger partial charge is 0.220 e. The van der Waals surface area contributed by atoms with Crippen LogP contribution in [0.3, 0.4) is 0 Å². The zero-order valence-electron chi connectivity index (χ0n) is 15.1. The van der Waals surface area contributed by atoms with Crippen LogP contribution in [0.15, 0.2) is 0 Å². The molecule has 1 unspecified atom stereocenters. The average molecular weight is 319 g/mol. The van der Waals surface area contributed by atoms with Crippen LogP contribution < -0.4 is 11.1 Å². The first kappa shape index (κ1) is 15.9. The van der Waals surface area contributed by atoms with Gasteiger partial charge >= 0.3 is 0 Å². The van der Waals surface area contributed by atoms with Crippen LogP contribution in [0.25, 0.3) is 0 Å². The highest BCUT2D eigenvalue weighted by atomic mass is 16.1. The van der Waals surface area contributed by atoms with Crippen LogP contribution in [0, 0.1) is 34.5 Å². The monoisotopic (exact) mass is 318 g/mol. The van der Waals surface area contributed by atoms with Gasteiger partial charge in [-0.05, 0) is 86.4 Å². The summed E-state index contributed by atoms with van der Waals surface area (Å²) in [5, 5.41) is 3.33. The molecule has 0 radical (unpaired) electrons. The summed E-state index contributed by atoms with van der Waals surface area (Å²) >= 11 is 0. The fourth-order valence-electron chi connectivity index (χ4n) is 7.61. The first-order valence-electron chi connectivity index (χ1n) is 9.91. The van der Waals surface area contributed by atoms with Crippen LogP contribution >= 0.6 is 0 Å². The summed E-state index contributed by atoms with van der Waals surface area (Å²) in [7, 11) is 0. The van der Waals surface area contributed by atoms with Crippen molar-refractivity contribution in [2.75, 3.05) is 0 Å². The van der Waals surface area contributed by atoms with Crippen molar-refractivity contribution in [2.45, 2.75) is 84.2 Å². The zero-order valence-corrected chi connectivity index (χ0v) is 15.1. The largest absolute Gasteiger partial charge is 0.353 e. The van der Waals surface area contributed by atoms with E-state index in [0.29, 0.717) is 28.8 Å². The molecule has 0 spiro atoms. The number of carbonyl (C=O) groups excluding carboxylic acids is 1. The van der Waals surface area contributed by atoms with Gasteiger partial charge < -0.3 is 11.1 Å². The maximum absolute atomic E-state index is 11.8. The molecule has 1 aliphatic heterocycles. The molecule has 1 amide bonds. The molecule has 3 nitrogen and oxygen atoms in total. The van der Waals surface area contributed by atoms with E-state index in [2.05, 4.69) is 26.1 Å². The minimum absolute atomic E-state index is 0.282. The Kier molecular flexibility index (Phi) is 3.61. The van der Waals surface area contributed by atoms with Crippen molar-refractivity contribution in [1.29, 1.82) is 0 Å². The van der Waals surface area contributed by atoms with E-state index in [-0.39, 0.29) is 5.91 Å². The van der Waals surface area contributed by atoms with Crippen molar-refractivity contribution in [3.63, 3.8) is 0 Å². The summed E-state index contributed by atoms with van der Waals surface area (Å²) in [6, 6.07) is 0.766. The van der Waals surface area contributed by atoms with Crippen LogP contribution in [-0.4, -0.2) is 18.0 Å². The van der Waals surface area contributed by atoms with Crippen molar-refractivity contribution in [3.8, 4) is 0 Å². The van der Waals surface area contributed by atoms with Gasteiger partial charge in [0.25, 0.3) is 0 Å². The average Bonchev–Trinajstić information content (AvgIpc) is 2.85. The number of amides is 1. The molecule has 0 aromatic carbocycles. The Morgan fingerprint density at radius 2 is 1.78 bits per heavy atom. The van der Waals surface area contributed by atoms with Gasteiger partial charge in [-0.3, -0.25) is 4.79 Å². The SMILES string of the molecule is CC(N)[C@H]1CC[C@H]2[C@@H]3CC[C@H]4NC(=O)CC[C@]4(C)[C@H]3CC[C@]12C. The van der Waals surface area contributed by atoms with Gasteiger partial charge in [-0.15, -0.1) is 0 Å². The summed E-state index contributed by atoms with van der Waals surface area (Å²) in [6.45, 7) is 7.25. The summed E-state index contributed by atoms with van der Waals surface area (Å²) in [5.41, 5.74) is 7.16. The van der Waals surface area contributed by atoms with Gasteiger partial charge in [0.2, 0.25) is 5.91 Å². The summed E-state index contributed by atoms with van der Waals surface area (Å²) in [6.07, 6.45) is 9.77. The molecule has 3 heteroatoms. The first-order valence-corrected chi connectivity index (χ1v) is 9.91. The lowest BCUT2D eigenvalue weighted by atomic mass is 9.47. The van der Waals surface area contributed by atoms with Crippen LogP contribution in [0.2, 0.25) is 0 Å². The van der Waals surface area contributed by atoms with E-state index in [1.807, 2.05) is 0 Å². The van der Waals surface area contributed by atoms with Gasteiger partial charge in [0.05, 0.1) is 0 Å². The van der Waals surface area contributed by atoms with Crippen LogP contribution in [0.4, 0.5) is 0 Å². The van der Waals surface area contributed by atoms with E-state index in [0.717, 1.165) is 30.6 Å². The number of carbonyl (C=O) groups is 1. The number of nitrogens with two attached hydrogens (primary N) is 1. The summed E-state index contributed by atoms with van der Waals surface area (Å²) < 4.78 is 0. The standard InChI is InChI=1S/C20H34N2O/c1-12(21)14-5-6-15-13-4-7-17-20(3,11-9-18(23)22-17)16(13)8-10-19(14,15)2/h12-17H,4-11,21H2,1-3H3,(H,22,23)/t12?,13-,14+,15-,16-,17+,19+,20+/m0/s1. The summed E-state index contributed by atoms with van der Waals surface area (Å²) in [5.74, 6) is 3.54. The Hall–Kier alpha value is -0.570. The third-order valence-electron chi connectivity index (χ3n) is 8.80. The molecule has 1 heterocycles. The molecule has 0 bridgehead atoms. The second kappa shape index (κ2) is 5.21. The highest BCUT2D eigenvalue weighted by Gasteiger charge is 2.60. The van der Waals surface area contributed by atoms with Crippen LogP contribution in [-0.2, 0) is 4.79 Å². The van der Waals surface area contributed by atoms with E-state index < -0.39 is 0 Å². The van der Waals surface area contributed by atoms with Crippen molar-refractivity contribution in [1.82, 2.24) is 5.32 Å². The number of hydrogen-bond donors (Lipinski definition) is 2. The van der Waals surface area contributed by atoms with E-state index in [1.165, 1.54) is 38.5 Å². The Morgan fingerprint density at radius 3 is 2.52 bits per heavy atom. The van der Waals surface area contributed by atoms with E-state index in [4.69, 9.17) is 5.73 Å². The highest BCUT2D eigenvalue weighted by Crippen LogP contribution is 2.65. The maximum atomic E-state index is 11.8. The molecule has 3 aliphatic carbocycles.